The van der Waals surface area contributed by atoms with E-state index in [-0.39, 0.29) is 0 Å². The quantitative estimate of drug-likeness (QED) is 0.794. The van der Waals surface area contributed by atoms with Crippen molar-refractivity contribution < 1.29 is 22.3 Å². The Kier molecular flexibility index (Phi) is 3.52. The molecule has 0 aliphatic carbocycles. The van der Waals surface area contributed by atoms with Gasteiger partial charge in [-0.2, -0.15) is 0 Å². The van der Waals surface area contributed by atoms with Crippen LogP contribution in [-0.2, 0) is 6.54 Å². The van der Waals surface area contributed by atoms with E-state index >= 15 is 0 Å². The molecule has 0 aliphatic heterocycles. The second-order valence-corrected chi connectivity index (χ2v) is 2.84. The largest absolute Gasteiger partial charge is 0.573 e. The monoisotopic (exact) mass is 223 g/mol. The maximum Gasteiger partial charge on any atom is 0.573 e. The minimum Gasteiger partial charge on any atom is -0.403 e. The zero-order valence-electron chi connectivity index (χ0n) is 7.86. The summed E-state index contributed by atoms with van der Waals surface area (Å²) in [6.45, 7) is 0.378. The summed E-state index contributed by atoms with van der Waals surface area (Å²) in [5.41, 5.74) is 0.546. The molecule has 0 saturated carbocycles. The fourth-order valence-electron chi connectivity index (χ4n) is 1.07. The molecule has 6 heteroatoms. The van der Waals surface area contributed by atoms with Gasteiger partial charge in [-0.15, -0.1) is 13.2 Å². The Morgan fingerprint density at radius 2 is 2.00 bits per heavy atom. The third-order valence-corrected chi connectivity index (χ3v) is 1.60. The molecule has 0 atom stereocenters. The van der Waals surface area contributed by atoms with E-state index in [0.717, 1.165) is 12.1 Å². The van der Waals surface area contributed by atoms with E-state index < -0.39 is 17.9 Å². The SMILES string of the molecule is CNCc1ccc(OC(F)(F)F)c(F)c1. The molecule has 0 unspecified atom stereocenters. The number of alkyl halides is 3. The van der Waals surface area contributed by atoms with Crippen LogP contribution in [0.5, 0.6) is 5.75 Å². The van der Waals surface area contributed by atoms with Crippen molar-refractivity contribution in [3.63, 3.8) is 0 Å². The Labute approximate surface area is 83.9 Å². The predicted octanol–water partition coefficient (Wildman–Crippen LogP) is 2.44. The maximum absolute atomic E-state index is 13.1. The van der Waals surface area contributed by atoms with Gasteiger partial charge in [0.1, 0.15) is 0 Å². The summed E-state index contributed by atoms with van der Waals surface area (Å²) >= 11 is 0. The standard InChI is InChI=1S/C9H9F4NO/c1-14-5-6-2-3-8(7(10)4-6)15-9(11,12)13/h2-4,14H,5H2,1H3. The molecule has 84 valence electrons. The van der Waals surface area contributed by atoms with Crippen molar-refractivity contribution in [3.8, 4) is 5.75 Å². The van der Waals surface area contributed by atoms with Crippen molar-refractivity contribution in [2.24, 2.45) is 0 Å². The van der Waals surface area contributed by atoms with Gasteiger partial charge < -0.3 is 10.1 Å². The molecule has 0 aliphatic rings. The number of hydrogen-bond acceptors (Lipinski definition) is 2. The molecule has 0 saturated heterocycles. The highest BCUT2D eigenvalue weighted by Crippen LogP contribution is 2.25. The van der Waals surface area contributed by atoms with Crippen LogP contribution in [0.3, 0.4) is 0 Å². The number of nitrogens with one attached hydrogen (secondary N) is 1. The normalized spacial score (nSPS) is 11.5. The van der Waals surface area contributed by atoms with Gasteiger partial charge >= 0.3 is 6.36 Å². The molecule has 1 aromatic carbocycles. The lowest BCUT2D eigenvalue weighted by Gasteiger charge is -2.10. The van der Waals surface area contributed by atoms with Gasteiger partial charge in [-0.1, -0.05) is 6.07 Å². The Bertz CT molecular complexity index is 337. The predicted molar refractivity (Wildman–Crippen MR) is 45.8 cm³/mol. The van der Waals surface area contributed by atoms with Gasteiger partial charge in [0.25, 0.3) is 0 Å². The summed E-state index contributed by atoms with van der Waals surface area (Å²) in [6, 6.07) is 3.31. The van der Waals surface area contributed by atoms with Gasteiger partial charge in [-0.3, -0.25) is 0 Å². The lowest BCUT2D eigenvalue weighted by Crippen LogP contribution is -2.18. The van der Waals surface area contributed by atoms with Gasteiger partial charge in [0.05, 0.1) is 0 Å². The number of hydrogen-bond donors (Lipinski definition) is 1. The summed E-state index contributed by atoms with van der Waals surface area (Å²) in [5, 5.41) is 2.75. The van der Waals surface area contributed by atoms with Crippen LogP contribution in [0.2, 0.25) is 0 Å². The first kappa shape index (κ1) is 11.8. The lowest BCUT2D eigenvalue weighted by atomic mass is 10.2. The molecule has 1 N–H and O–H groups in total. The summed E-state index contributed by atoms with van der Waals surface area (Å²) in [6.07, 6.45) is -4.87. The van der Waals surface area contributed by atoms with Crippen LogP contribution in [0.25, 0.3) is 0 Å². The van der Waals surface area contributed by atoms with Crippen molar-refractivity contribution in [1.29, 1.82) is 0 Å². The third-order valence-electron chi connectivity index (χ3n) is 1.60. The van der Waals surface area contributed by atoms with Crippen LogP contribution in [0.1, 0.15) is 5.56 Å². The van der Waals surface area contributed by atoms with E-state index in [9.17, 15) is 17.6 Å². The molecule has 0 amide bonds. The number of ether oxygens (including phenoxy) is 1. The van der Waals surface area contributed by atoms with E-state index in [1.54, 1.807) is 7.05 Å². The van der Waals surface area contributed by atoms with Gasteiger partial charge in [-0.05, 0) is 24.7 Å². The van der Waals surface area contributed by atoms with Crippen molar-refractivity contribution >= 4 is 0 Å². The molecule has 2 nitrogen and oxygen atoms in total. The average Bonchev–Trinajstić information content (AvgIpc) is 2.08. The first-order chi connectivity index (χ1) is 6.92. The third kappa shape index (κ3) is 3.75. The summed E-state index contributed by atoms with van der Waals surface area (Å²) in [7, 11) is 1.65. The van der Waals surface area contributed by atoms with Gasteiger partial charge in [0.15, 0.2) is 11.6 Å². The average molecular weight is 223 g/mol. The smallest absolute Gasteiger partial charge is 0.403 e. The molecule has 0 aromatic heterocycles. The zero-order chi connectivity index (χ0) is 11.5. The Hall–Kier alpha value is -1.30. The fraction of sp³-hybridized carbons (Fsp3) is 0.333. The molecule has 0 radical (unpaired) electrons. The first-order valence-electron chi connectivity index (χ1n) is 4.11. The zero-order valence-corrected chi connectivity index (χ0v) is 7.86. The molecular weight excluding hydrogens is 214 g/mol. The molecular formula is C9H9F4NO. The van der Waals surface area contributed by atoms with Crippen LogP contribution in [0.15, 0.2) is 18.2 Å². The minimum absolute atomic E-state index is 0.378. The fourth-order valence-corrected chi connectivity index (χ4v) is 1.07. The molecule has 0 fully saturated rings. The lowest BCUT2D eigenvalue weighted by molar-refractivity contribution is -0.275. The van der Waals surface area contributed by atoms with E-state index in [4.69, 9.17) is 0 Å². The number of halogens is 4. The minimum atomic E-state index is -4.87. The van der Waals surface area contributed by atoms with Crippen molar-refractivity contribution in [2.75, 3.05) is 7.05 Å². The highest BCUT2D eigenvalue weighted by atomic mass is 19.4. The summed E-state index contributed by atoms with van der Waals surface area (Å²) in [4.78, 5) is 0. The number of rotatable bonds is 3. The van der Waals surface area contributed by atoms with E-state index in [0.29, 0.717) is 12.1 Å². The highest BCUT2D eigenvalue weighted by Gasteiger charge is 2.32. The van der Waals surface area contributed by atoms with Crippen LogP contribution in [-0.4, -0.2) is 13.4 Å². The van der Waals surface area contributed by atoms with Crippen LogP contribution in [0, 0.1) is 5.82 Å². The second kappa shape index (κ2) is 4.48. The Morgan fingerprint density at radius 1 is 1.33 bits per heavy atom. The number of benzene rings is 1. The van der Waals surface area contributed by atoms with Gasteiger partial charge in [-0.25, -0.2) is 4.39 Å². The van der Waals surface area contributed by atoms with Crippen LogP contribution in [0.4, 0.5) is 17.6 Å². The summed E-state index contributed by atoms with van der Waals surface area (Å²) < 4.78 is 51.8. The van der Waals surface area contributed by atoms with E-state index in [1.807, 2.05) is 0 Å². The molecule has 0 heterocycles. The van der Waals surface area contributed by atoms with Gasteiger partial charge in [0, 0.05) is 6.54 Å². The van der Waals surface area contributed by atoms with Crippen LogP contribution >= 0.6 is 0 Å². The molecule has 0 spiro atoms. The maximum atomic E-state index is 13.1. The van der Waals surface area contributed by atoms with E-state index in [1.165, 1.54) is 6.07 Å². The topological polar surface area (TPSA) is 21.3 Å². The highest BCUT2D eigenvalue weighted by molar-refractivity contribution is 5.29. The Balaban J connectivity index is 2.84. The molecule has 1 aromatic rings. The van der Waals surface area contributed by atoms with Crippen molar-refractivity contribution in [2.45, 2.75) is 12.9 Å². The van der Waals surface area contributed by atoms with Crippen molar-refractivity contribution in [3.05, 3.63) is 29.6 Å². The Morgan fingerprint density at radius 3 is 2.47 bits per heavy atom. The van der Waals surface area contributed by atoms with E-state index in [2.05, 4.69) is 10.1 Å². The summed E-state index contributed by atoms with van der Waals surface area (Å²) in [5.74, 6) is -1.84. The molecule has 0 bridgehead atoms. The van der Waals surface area contributed by atoms with Crippen molar-refractivity contribution in [1.82, 2.24) is 5.32 Å². The molecule has 1 rings (SSSR count). The first-order valence-corrected chi connectivity index (χ1v) is 4.11. The second-order valence-electron chi connectivity index (χ2n) is 2.84. The molecule has 15 heavy (non-hydrogen) atoms. The van der Waals surface area contributed by atoms with Crippen LogP contribution < -0.4 is 10.1 Å². The van der Waals surface area contributed by atoms with Gasteiger partial charge in [0.2, 0.25) is 0 Å².